The summed E-state index contributed by atoms with van der Waals surface area (Å²) < 4.78 is 121. The lowest BCUT2D eigenvalue weighted by Crippen LogP contribution is -2.49. The van der Waals surface area contributed by atoms with Crippen molar-refractivity contribution in [1.29, 1.82) is 0 Å². The predicted molar refractivity (Wildman–Crippen MR) is 575 cm³/mol. The highest BCUT2D eigenvalue weighted by Crippen LogP contribution is 2.48. The maximum absolute atomic E-state index is 13.7. The van der Waals surface area contributed by atoms with Gasteiger partial charge in [0.05, 0.1) is 70.6 Å². The van der Waals surface area contributed by atoms with Crippen LogP contribution in [0.1, 0.15) is 256 Å². The second-order valence-corrected chi connectivity index (χ2v) is 50.8. The average Bonchev–Trinajstić information content (AvgIpc) is 1.70. The van der Waals surface area contributed by atoms with Crippen LogP contribution in [0.5, 0.6) is 5.75 Å². The van der Waals surface area contributed by atoms with Crippen molar-refractivity contribution in [2.24, 2.45) is 47.8 Å². The summed E-state index contributed by atoms with van der Waals surface area (Å²) in [5.41, 5.74) is 32.1. The van der Waals surface area contributed by atoms with Gasteiger partial charge in [-0.25, -0.2) is 68.4 Å². The number of hydrogen-bond donors (Lipinski definition) is 11. The molecule has 5 fully saturated rings. The van der Waals surface area contributed by atoms with Crippen LogP contribution in [0.4, 0.5) is 52.4 Å². The fourth-order valence-corrected chi connectivity index (χ4v) is 23.4. The Morgan fingerprint density at radius 3 is 1.32 bits per heavy atom. The number of rotatable bonds is 26. The van der Waals surface area contributed by atoms with E-state index in [9.17, 15) is 58.0 Å². The standard InChI is InChI=1S/C27H36N8O3S.C26H35N7O3S.C26H37N5O4S.C25H33N7O4S/c1-16(2)27(5,29)33-23-14-11-19(15-30-23)21-13-12-20(25(31-21)35-17(3)9-10-18(35)4)26(36)34-39(37,38)24-8-6-7-22(28)32-24;1-16-12-26(5,6)33(14-16)23-19(24(34)31-37(35,36)21-10-8-9-20(27)29-21)11-18(17-13-28-32(7)15-17)22(30-23)25(2,3)4;1-16-13-26(4,5)31(15-16)23-17(24(33)30-36(34,35)22-8-6-7-21(27)29-22)9-10-19(28-23)18-14-25(2,3)12-11-20(18)32;1-16(2)15-36-18-12-27-32(14-18)21-10-9-19(23(29-21)31-13-17(3)11-25(31,4)5)24(33)30-37(34,35)22-8-6-7-20(26)28-22/h6-8,11-18H,9-10,29H2,1-5H3,(H2,28,32)(H,30,33)(H,34,36);8-11,13,15-16H,12,14H2,1-7H3,(H2,27,29)(H,31,34);6-10,16,18,20,32H,11-15H2,1-5H3,(H2,27,29)(H,30,33);6-10,12,14,16-17H,11,13,15H2,1-5H3,(H2,26,28)(H,30,33)/t17-,18+,27-;;16-,18?,20?;17-/m1.00/s1. The van der Waals surface area contributed by atoms with Gasteiger partial charge in [0.15, 0.2) is 31.7 Å². The Kier molecular flexibility index (Phi) is 33.1. The highest BCUT2D eigenvalue weighted by Gasteiger charge is 2.46. The lowest BCUT2D eigenvalue weighted by Gasteiger charge is -2.39. The number of aliphatic hydroxyl groups excluding tert-OH is 1. The topological polar surface area (TPSA) is 589 Å². The monoisotopic (exact) mass is 2120 g/mol. The van der Waals surface area contributed by atoms with Crippen molar-refractivity contribution in [2.75, 3.05) is 74.1 Å². The summed E-state index contributed by atoms with van der Waals surface area (Å²) in [5.74, 6) is 1.87. The molecule has 3 unspecified atom stereocenters. The number of carbonyl (C=O) groups is 4. The third-order valence-electron chi connectivity index (χ3n) is 27.3. The SMILES string of the molecule is CC(C)COc1cnn(-c2ccc(C(=O)NS(=O)(=O)c3cccc(N)n3)c(N3C[C@@H](C)CC3(C)C)n2)c1.CC(C)[C@](C)(N)Nc1ccc(-c2ccc(C(=O)NS(=O)(=O)c3cccc(N)n3)c(N3[C@H](C)CC[C@@H]3C)n2)cn1.CC1CN(c2nc(C(C)(C)C)c(-c3cnn(C)c3)cc2C(=O)NS(=O)(=O)c2cccc(N)n2)C(C)(C)C1.C[C@@H]1CN(c2nc(C3CC(C)(C)CCC3O)ccc2C(=O)NS(=O)(=O)c2cccc(N)n2)C(C)(C)C1. The van der Waals surface area contributed by atoms with Gasteiger partial charge >= 0.3 is 0 Å². The van der Waals surface area contributed by atoms with Crippen LogP contribution in [0.3, 0.4) is 0 Å². The number of nitrogens with one attached hydrogen (secondary N) is 5. The molecule has 1 aliphatic carbocycles. The molecule has 45 heteroatoms. The molecule has 11 aromatic rings. The molecule has 0 radical (unpaired) electrons. The molecule has 41 nitrogen and oxygen atoms in total. The number of nitrogens with zero attached hydrogens (tertiary/aromatic N) is 17. The van der Waals surface area contributed by atoms with Crippen molar-refractivity contribution in [3.05, 3.63) is 192 Å². The highest BCUT2D eigenvalue weighted by molar-refractivity contribution is 7.91. The quantitative estimate of drug-likeness (QED) is 0.0224. The van der Waals surface area contributed by atoms with Gasteiger partial charge in [-0.2, -0.15) is 43.9 Å². The maximum Gasteiger partial charge on any atom is 0.281 e. The van der Waals surface area contributed by atoms with Gasteiger partial charge in [-0.05, 0) is 252 Å². The van der Waals surface area contributed by atoms with Crippen LogP contribution in [-0.4, -0.2) is 194 Å². The first-order chi connectivity index (χ1) is 69.4. The summed E-state index contributed by atoms with van der Waals surface area (Å²) in [6.45, 7) is 46.4. The molecular formula is C104H141N27O14S4. The molecule has 15 heterocycles. The number of aryl methyl sites for hydroxylation is 1. The maximum atomic E-state index is 13.7. The molecule has 149 heavy (non-hydrogen) atoms. The van der Waals surface area contributed by atoms with E-state index in [-0.39, 0.29) is 117 Å². The molecule has 16 N–H and O–H groups in total. The minimum absolute atomic E-state index is 0.0332. The van der Waals surface area contributed by atoms with Crippen LogP contribution in [0.15, 0.2) is 178 Å². The Balaban J connectivity index is 0.000000166. The van der Waals surface area contributed by atoms with E-state index in [2.05, 4.69) is 199 Å². The van der Waals surface area contributed by atoms with E-state index in [1.807, 2.05) is 51.0 Å². The van der Waals surface area contributed by atoms with Crippen LogP contribution >= 0.6 is 0 Å². The van der Waals surface area contributed by atoms with Gasteiger partial charge in [0.25, 0.3) is 63.7 Å². The molecule has 8 atom stereocenters. The Morgan fingerprint density at radius 1 is 0.483 bits per heavy atom. The van der Waals surface area contributed by atoms with Gasteiger partial charge in [-0.15, -0.1) is 0 Å². The first-order valence-corrected chi connectivity index (χ1v) is 55.6. The second kappa shape index (κ2) is 43.9. The minimum Gasteiger partial charge on any atom is -0.490 e. The molecule has 0 bridgehead atoms. The number of sulfonamides is 4. The molecule has 5 aliphatic rings. The summed E-state index contributed by atoms with van der Waals surface area (Å²) in [4.78, 5) is 102. The van der Waals surface area contributed by atoms with Gasteiger partial charge < -0.3 is 63.4 Å². The van der Waals surface area contributed by atoms with E-state index in [4.69, 9.17) is 53.3 Å². The van der Waals surface area contributed by atoms with Crippen LogP contribution < -0.4 is 77.2 Å². The Labute approximate surface area is 873 Å². The molecule has 4 saturated heterocycles. The summed E-state index contributed by atoms with van der Waals surface area (Å²) in [7, 11) is -15.2. The minimum atomic E-state index is -4.28. The van der Waals surface area contributed by atoms with Gasteiger partial charge in [0.2, 0.25) is 0 Å². The lowest BCUT2D eigenvalue weighted by atomic mass is 9.70. The number of anilines is 9. The normalized spacial score (nSPS) is 19.8. The number of aliphatic hydroxyl groups is 1. The molecule has 800 valence electrons. The predicted octanol–water partition coefficient (Wildman–Crippen LogP) is 13.3. The van der Waals surface area contributed by atoms with E-state index in [1.165, 1.54) is 72.8 Å². The summed E-state index contributed by atoms with van der Waals surface area (Å²) >= 11 is 0. The van der Waals surface area contributed by atoms with Crippen LogP contribution in [0.2, 0.25) is 0 Å². The summed E-state index contributed by atoms with van der Waals surface area (Å²) in [6, 6.07) is 32.4. The number of ether oxygens (including phenoxy) is 1. The van der Waals surface area contributed by atoms with Crippen LogP contribution in [0, 0.1) is 35.0 Å². The summed E-state index contributed by atoms with van der Waals surface area (Å²) in [5, 5.41) is 21.4. The zero-order valence-electron chi connectivity index (χ0n) is 88.6. The smallest absolute Gasteiger partial charge is 0.281 e. The van der Waals surface area contributed by atoms with E-state index in [0.717, 1.165) is 73.0 Å². The van der Waals surface area contributed by atoms with Crippen molar-refractivity contribution >= 4 is 116 Å². The molecular weight excluding hydrogens is 1980 g/mol. The highest BCUT2D eigenvalue weighted by atomic mass is 32.2. The van der Waals surface area contributed by atoms with E-state index >= 15 is 0 Å². The fourth-order valence-electron chi connectivity index (χ4n) is 19.6. The largest absolute Gasteiger partial charge is 0.490 e. The molecule has 4 amide bonds. The number of aromatic nitrogens is 13. The van der Waals surface area contributed by atoms with Gasteiger partial charge in [0, 0.05) is 101 Å². The number of nitrogen functional groups attached to an aromatic ring is 4. The lowest BCUT2D eigenvalue weighted by molar-refractivity contribution is 0.0549. The van der Waals surface area contributed by atoms with Crippen molar-refractivity contribution in [1.82, 2.24) is 83.3 Å². The first-order valence-electron chi connectivity index (χ1n) is 49.7. The number of hydrogen-bond acceptors (Lipinski definition) is 35. The molecule has 0 spiro atoms. The Bertz CT molecular complexity index is 7270. The van der Waals surface area contributed by atoms with E-state index in [1.54, 1.807) is 76.6 Å². The van der Waals surface area contributed by atoms with Gasteiger partial charge in [-0.3, -0.25) is 23.9 Å². The molecule has 11 aromatic heterocycles. The fraction of sp³-hybridized carbons (Fsp3) is 0.471. The van der Waals surface area contributed by atoms with Crippen molar-refractivity contribution < 1.29 is 62.7 Å². The van der Waals surface area contributed by atoms with E-state index < -0.39 is 75.5 Å². The van der Waals surface area contributed by atoms with Gasteiger partial charge in [0.1, 0.15) is 52.4 Å². The number of amides is 4. The third kappa shape index (κ3) is 26.8. The zero-order chi connectivity index (χ0) is 109. The van der Waals surface area contributed by atoms with Crippen molar-refractivity contribution in [3.63, 3.8) is 0 Å². The number of carbonyl (C=O) groups excluding carboxylic acids is 4. The van der Waals surface area contributed by atoms with Crippen molar-refractivity contribution in [2.45, 2.75) is 269 Å². The number of pyridine rings is 9. The Morgan fingerprint density at radius 2 is 0.913 bits per heavy atom. The average molecular weight is 2120 g/mol. The van der Waals surface area contributed by atoms with E-state index in [0.29, 0.717) is 103 Å². The van der Waals surface area contributed by atoms with Crippen LogP contribution in [0.25, 0.3) is 28.2 Å². The van der Waals surface area contributed by atoms with Crippen molar-refractivity contribution in [3.8, 4) is 34.0 Å². The molecule has 1 saturated carbocycles. The van der Waals surface area contributed by atoms with Gasteiger partial charge in [-0.1, -0.05) is 107 Å². The first kappa shape index (κ1) is 113. The molecule has 16 rings (SSSR count). The summed E-state index contributed by atoms with van der Waals surface area (Å²) in [6.07, 6.45) is 15.0. The van der Waals surface area contributed by atoms with Crippen LogP contribution in [-0.2, 0) is 52.6 Å². The molecule has 4 aliphatic heterocycles. The third-order valence-corrected chi connectivity index (χ3v) is 32.2. The zero-order valence-corrected chi connectivity index (χ0v) is 91.8. The second-order valence-electron chi connectivity index (χ2n) is 44.2. The Hall–Kier alpha value is -13.6. The molecule has 0 aromatic carbocycles. The number of nitrogens with two attached hydrogens (primary N) is 5.